The average Bonchev–Trinajstić information content (AvgIpc) is 3.11. The van der Waals surface area contributed by atoms with Gasteiger partial charge in [-0.3, -0.25) is 9.48 Å². The maximum Gasteiger partial charge on any atom is 0.189 e. The molecule has 0 spiro atoms. The van der Waals surface area contributed by atoms with Crippen molar-refractivity contribution in [1.29, 1.82) is 0 Å². The third-order valence-corrected chi connectivity index (χ3v) is 3.55. The number of rotatable bonds is 5. The van der Waals surface area contributed by atoms with Crippen LogP contribution in [0.1, 0.15) is 35.8 Å². The zero-order valence-corrected chi connectivity index (χ0v) is 13.6. The van der Waals surface area contributed by atoms with Crippen molar-refractivity contribution in [3.8, 4) is 11.4 Å². The average molecular weight is 318 g/mol. The molecule has 24 heavy (non-hydrogen) atoms. The predicted octanol–water partition coefficient (Wildman–Crippen LogP) is 3.82. The van der Waals surface area contributed by atoms with Crippen molar-refractivity contribution in [3.05, 3.63) is 72.3 Å². The molecule has 120 valence electrons. The summed E-state index contributed by atoms with van der Waals surface area (Å²) in [5.41, 5.74) is 2.31. The van der Waals surface area contributed by atoms with Gasteiger partial charge < -0.3 is 0 Å². The number of hydrogen-bond donors (Lipinski definition) is 0. The molecule has 0 fully saturated rings. The number of carbonyl (C=O) groups excluding carboxylic acids is 1. The van der Waals surface area contributed by atoms with E-state index in [1.165, 1.54) is 6.08 Å². The second-order valence-corrected chi connectivity index (χ2v) is 5.71. The maximum absolute atomic E-state index is 12.2. The first-order valence-electron chi connectivity index (χ1n) is 7.77. The maximum atomic E-state index is 12.2. The third kappa shape index (κ3) is 3.63. The van der Waals surface area contributed by atoms with Gasteiger partial charge in [0.05, 0.1) is 11.8 Å². The van der Waals surface area contributed by atoms with Gasteiger partial charge >= 0.3 is 0 Å². The SMILES string of the molecule is CC(C)n1cc(C(=O)/C=C\c2cnc(-c3ccccc3)nc2)cn1. The highest BCUT2D eigenvalue weighted by molar-refractivity contribution is 6.06. The Morgan fingerprint density at radius 3 is 2.42 bits per heavy atom. The van der Waals surface area contributed by atoms with Gasteiger partial charge in [0.25, 0.3) is 0 Å². The molecule has 0 N–H and O–H groups in total. The first kappa shape index (κ1) is 15.8. The summed E-state index contributed by atoms with van der Waals surface area (Å²) in [5.74, 6) is 0.575. The summed E-state index contributed by atoms with van der Waals surface area (Å²) in [6, 6.07) is 10.00. The van der Waals surface area contributed by atoms with Gasteiger partial charge in [-0.2, -0.15) is 5.10 Å². The molecule has 3 rings (SSSR count). The molecule has 0 saturated heterocycles. The van der Waals surface area contributed by atoms with Gasteiger partial charge in [-0.05, 0) is 26.0 Å². The van der Waals surface area contributed by atoms with Crippen LogP contribution in [-0.4, -0.2) is 25.5 Å². The smallest absolute Gasteiger partial charge is 0.189 e. The van der Waals surface area contributed by atoms with E-state index in [2.05, 4.69) is 15.1 Å². The van der Waals surface area contributed by atoms with E-state index >= 15 is 0 Å². The van der Waals surface area contributed by atoms with Crippen molar-refractivity contribution >= 4 is 11.9 Å². The van der Waals surface area contributed by atoms with Crippen LogP contribution in [-0.2, 0) is 0 Å². The molecule has 5 heteroatoms. The van der Waals surface area contributed by atoms with Crippen LogP contribution in [0.15, 0.2) is 61.2 Å². The third-order valence-electron chi connectivity index (χ3n) is 3.55. The van der Waals surface area contributed by atoms with E-state index in [1.807, 2.05) is 44.2 Å². The van der Waals surface area contributed by atoms with Crippen LogP contribution in [0.25, 0.3) is 17.5 Å². The molecular formula is C19H18N4O. The lowest BCUT2D eigenvalue weighted by atomic mass is 10.2. The summed E-state index contributed by atoms with van der Waals surface area (Å²) >= 11 is 0. The molecule has 0 atom stereocenters. The van der Waals surface area contributed by atoms with E-state index in [-0.39, 0.29) is 11.8 Å². The number of allylic oxidation sites excluding steroid dienone is 1. The van der Waals surface area contributed by atoms with E-state index in [0.29, 0.717) is 11.4 Å². The van der Waals surface area contributed by atoms with E-state index in [1.54, 1.807) is 35.5 Å². The lowest BCUT2D eigenvalue weighted by molar-refractivity contribution is 0.104. The van der Waals surface area contributed by atoms with E-state index in [9.17, 15) is 4.79 Å². The topological polar surface area (TPSA) is 60.7 Å². The van der Waals surface area contributed by atoms with Gasteiger partial charge in [-0.15, -0.1) is 0 Å². The van der Waals surface area contributed by atoms with Gasteiger partial charge in [0.2, 0.25) is 0 Å². The number of benzene rings is 1. The van der Waals surface area contributed by atoms with Crippen molar-refractivity contribution in [2.24, 2.45) is 0 Å². The minimum atomic E-state index is -0.0889. The Morgan fingerprint density at radius 1 is 1.08 bits per heavy atom. The molecule has 0 aliphatic rings. The van der Waals surface area contributed by atoms with E-state index in [4.69, 9.17) is 0 Å². The summed E-state index contributed by atoms with van der Waals surface area (Å²) < 4.78 is 1.76. The van der Waals surface area contributed by atoms with Crippen LogP contribution < -0.4 is 0 Å². The molecule has 3 aromatic rings. The fourth-order valence-electron chi connectivity index (χ4n) is 2.18. The summed E-state index contributed by atoms with van der Waals surface area (Å²) in [5, 5.41) is 4.17. The highest BCUT2D eigenvalue weighted by atomic mass is 16.1. The molecule has 5 nitrogen and oxygen atoms in total. The zero-order chi connectivity index (χ0) is 16.9. The second kappa shape index (κ2) is 7.00. The highest BCUT2D eigenvalue weighted by Gasteiger charge is 2.07. The summed E-state index contributed by atoms with van der Waals surface area (Å²) in [6.45, 7) is 4.03. The quantitative estimate of drug-likeness (QED) is 0.530. The predicted molar refractivity (Wildman–Crippen MR) is 93.4 cm³/mol. The molecular weight excluding hydrogens is 300 g/mol. The van der Waals surface area contributed by atoms with Crippen molar-refractivity contribution < 1.29 is 4.79 Å². The lowest BCUT2D eigenvalue weighted by Gasteiger charge is -2.02. The largest absolute Gasteiger partial charge is 0.289 e. The Balaban J connectivity index is 1.71. The normalized spacial score (nSPS) is 11.3. The van der Waals surface area contributed by atoms with Crippen LogP contribution in [0.4, 0.5) is 0 Å². The number of hydrogen-bond acceptors (Lipinski definition) is 4. The van der Waals surface area contributed by atoms with Crippen LogP contribution in [0.2, 0.25) is 0 Å². The van der Waals surface area contributed by atoms with Gasteiger partial charge in [0.15, 0.2) is 11.6 Å². The fraction of sp³-hybridized carbons (Fsp3) is 0.158. The standard InChI is InChI=1S/C19H18N4O/c1-14(2)23-13-17(12-22-23)18(24)9-8-15-10-20-19(21-11-15)16-6-4-3-5-7-16/h3-14H,1-2H3/b9-8-. The molecule has 0 saturated carbocycles. The summed E-state index contributed by atoms with van der Waals surface area (Å²) in [6.07, 6.45) is 9.98. The minimum Gasteiger partial charge on any atom is -0.289 e. The van der Waals surface area contributed by atoms with Gasteiger partial charge in [0.1, 0.15) is 0 Å². The van der Waals surface area contributed by atoms with Crippen molar-refractivity contribution in [1.82, 2.24) is 19.7 Å². The monoisotopic (exact) mass is 318 g/mol. The molecule has 1 aromatic carbocycles. The van der Waals surface area contributed by atoms with Gasteiger partial charge in [0, 0.05) is 35.8 Å². The summed E-state index contributed by atoms with van der Waals surface area (Å²) in [4.78, 5) is 20.8. The lowest BCUT2D eigenvalue weighted by Crippen LogP contribution is -2.00. The minimum absolute atomic E-state index is 0.0889. The van der Waals surface area contributed by atoms with Crippen LogP contribution >= 0.6 is 0 Å². The van der Waals surface area contributed by atoms with Crippen molar-refractivity contribution in [2.75, 3.05) is 0 Å². The van der Waals surface area contributed by atoms with E-state index < -0.39 is 0 Å². The van der Waals surface area contributed by atoms with Crippen LogP contribution in [0.3, 0.4) is 0 Å². The molecule has 0 radical (unpaired) electrons. The van der Waals surface area contributed by atoms with Crippen molar-refractivity contribution in [2.45, 2.75) is 19.9 Å². The molecule has 2 aromatic heterocycles. The first-order chi connectivity index (χ1) is 11.6. The molecule has 0 aliphatic heterocycles. The number of carbonyl (C=O) groups is 1. The Bertz CT molecular complexity index is 849. The Labute approximate surface area is 140 Å². The second-order valence-electron chi connectivity index (χ2n) is 5.71. The highest BCUT2D eigenvalue weighted by Crippen LogP contribution is 2.14. The Kier molecular flexibility index (Phi) is 4.61. The summed E-state index contributed by atoms with van der Waals surface area (Å²) in [7, 11) is 0. The number of aromatic nitrogens is 4. The van der Waals surface area contributed by atoms with Crippen molar-refractivity contribution in [3.63, 3.8) is 0 Å². The van der Waals surface area contributed by atoms with Gasteiger partial charge in [-0.1, -0.05) is 30.3 Å². The molecule has 0 bridgehead atoms. The number of ketones is 1. The zero-order valence-electron chi connectivity index (χ0n) is 13.6. The van der Waals surface area contributed by atoms with E-state index in [0.717, 1.165) is 11.1 Å². The Hall–Kier alpha value is -3.08. The van der Waals surface area contributed by atoms with Crippen LogP contribution in [0, 0.1) is 0 Å². The molecule has 0 aliphatic carbocycles. The fourth-order valence-corrected chi connectivity index (χ4v) is 2.18. The number of nitrogens with zero attached hydrogens (tertiary/aromatic N) is 4. The first-order valence-corrected chi connectivity index (χ1v) is 7.77. The molecule has 0 unspecified atom stereocenters. The molecule has 0 amide bonds. The van der Waals surface area contributed by atoms with Crippen LogP contribution in [0.5, 0.6) is 0 Å². The Morgan fingerprint density at radius 2 is 1.79 bits per heavy atom. The molecule has 2 heterocycles. The van der Waals surface area contributed by atoms with Gasteiger partial charge in [-0.25, -0.2) is 9.97 Å².